The Hall–Kier alpha value is -1.89. The molecule has 25 heavy (non-hydrogen) atoms. The number of amides is 2. The molecule has 0 bridgehead atoms. The molecule has 1 saturated heterocycles. The number of esters is 1. The van der Waals surface area contributed by atoms with E-state index in [1.807, 2.05) is 12.1 Å². The maximum Gasteiger partial charge on any atom is 0.325 e. The summed E-state index contributed by atoms with van der Waals surface area (Å²) in [7, 11) is 0. The fourth-order valence-electron chi connectivity index (χ4n) is 2.73. The molecule has 1 fully saturated rings. The van der Waals surface area contributed by atoms with Crippen molar-refractivity contribution in [3.05, 3.63) is 34.3 Å². The maximum absolute atomic E-state index is 12.5. The third-order valence-corrected chi connectivity index (χ3v) is 4.55. The smallest absolute Gasteiger partial charge is 0.325 e. The van der Waals surface area contributed by atoms with E-state index < -0.39 is 5.97 Å². The van der Waals surface area contributed by atoms with Crippen LogP contribution in [0.25, 0.3) is 0 Å². The van der Waals surface area contributed by atoms with Gasteiger partial charge in [-0.3, -0.25) is 14.4 Å². The van der Waals surface area contributed by atoms with Crippen LogP contribution < -0.4 is 5.32 Å². The number of likely N-dealkylation sites (tertiary alicyclic amines) is 1. The summed E-state index contributed by atoms with van der Waals surface area (Å²) in [5.74, 6) is -0.796. The molecule has 0 radical (unpaired) electrons. The van der Waals surface area contributed by atoms with Crippen LogP contribution in [0.4, 0.5) is 0 Å². The number of rotatable bonds is 5. The molecular formula is C18H23BrN2O4. The van der Waals surface area contributed by atoms with E-state index in [1.54, 1.807) is 30.9 Å². The SMILES string of the molecule is CC(C)OC(=O)CNC(=O)C1CCN(C(=O)c2ccc(Br)cc2)CC1. The first kappa shape index (κ1) is 19.4. The second kappa shape index (κ2) is 8.99. The Morgan fingerprint density at radius 1 is 1.20 bits per heavy atom. The first-order valence-electron chi connectivity index (χ1n) is 8.39. The third-order valence-electron chi connectivity index (χ3n) is 4.02. The van der Waals surface area contributed by atoms with Crippen LogP contribution in [0.5, 0.6) is 0 Å². The van der Waals surface area contributed by atoms with Crippen molar-refractivity contribution >= 4 is 33.7 Å². The minimum absolute atomic E-state index is 0.0214. The Bertz CT molecular complexity index is 622. The number of piperidine rings is 1. The second-order valence-electron chi connectivity index (χ2n) is 6.33. The zero-order valence-electron chi connectivity index (χ0n) is 14.5. The van der Waals surface area contributed by atoms with Crippen LogP contribution in [-0.2, 0) is 14.3 Å². The average molecular weight is 411 g/mol. The number of hydrogen-bond acceptors (Lipinski definition) is 4. The third kappa shape index (κ3) is 5.85. The van der Waals surface area contributed by atoms with Gasteiger partial charge in [0.05, 0.1) is 6.10 Å². The molecule has 1 N–H and O–H groups in total. The number of ether oxygens (including phenoxy) is 1. The number of nitrogens with one attached hydrogen (secondary N) is 1. The fourth-order valence-corrected chi connectivity index (χ4v) is 2.99. The lowest BCUT2D eigenvalue weighted by Crippen LogP contribution is -2.44. The van der Waals surface area contributed by atoms with Gasteiger partial charge in [0.1, 0.15) is 6.54 Å². The van der Waals surface area contributed by atoms with Crippen molar-refractivity contribution in [3.63, 3.8) is 0 Å². The highest BCUT2D eigenvalue weighted by Crippen LogP contribution is 2.20. The van der Waals surface area contributed by atoms with Gasteiger partial charge in [-0.2, -0.15) is 0 Å². The highest BCUT2D eigenvalue weighted by Gasteiger charge is 2.28. The van der Waals surface area contributed by atoms with E-state index >= 15 is 0 Å². The number of carbonyl (C=O) groups is 3. The monoisotopic (exact) mass is 410 g/mol. The molecule has 0 aliphatic carbocycles. The van der Waals surface area contributed by atoms with E-state index in [1.165, 1.54) is 0 Å². The Balaban J connectivity index is 1.78. The van der Waals surface area contributed by atoms with Gasteiger partial charge >= 0.3 is 5.97 Å². The number of nitrogens with zero attached hydrogens (tertiary/aromatic N) is 1. The summed E-state index contributed by atoms with van der Waals surface area (Å²) in [6.45, 7) is 4.47. The lowest BCUT2D eigenvalue weighted by Gasteiger charge is -2.31. The molecule has 7 heteroatoms. The van der Waals surface area contributed by atoms with Crippen molar-refractivity contribution in [1.82, 2.24) is 10.2 Å². The molecular weight excluding hydrogens is 388 g/mol. The van der Waals surface area contributed by atoms with Crippen molar-refractivity contribution in [2.45, 2.75) is 32.8 Å². The summed E-state index contributed by atoms with van der Waals surface area (Å²) >= 11 is 3.35. The number of hydrogen-bond donors (Lipinski definition) is 1. The Labute approximate surface area is 156 Å². The van der Waals surface area contributed by atoms with Crippen molar-refractivity contribution in [3.8, 4) is 0 Å². The minimum atomic E-state index is -0.439. The van der Waals surface area contributed by atoms with Crippen LogP contribution in [-0.4, -0.2) is 48.4 Å². The van der Waals surface area contributed by atoms with E-state index in [9.17, 15) is 14.4 Å². The predicted octanol–water partition coefficient (Wildman–Crippen LogP) is 2.37. The molecule has 2 rings (SSSR count). The van der Waals surface area contributed by atoms with Gasteiger partial charge in [-0.05, 0) is 51.0 Å². The molecule has 136 valence electrons. The summed E-state index contributed by atoms with van der Waals surface area (Å²) in [6, 6.07) is 7.24. The van der Waals surface area contributed by atoms with Crippen LogP contribution in [0.3, 0.4) is 0 Å². The average Bonchev–Trinajstić information content (AvgIpc) is 2.59. The van der Waals surface area contributed by atoms with Gasteiger partial charge in [0, 0.05) is 29.0 Å². The van der Waals surface area contributed by atoms with E-state index in [-0.39, 0.29) is 30.4 Å². The van der Waals surface area contributed by atoms with Gasteiger partial charge in [-0.15, -0.1) is 0 Å². The Morgan fingerprint density at radius 2 is 1.80 bits per heavy atom. The molecule has 0 unspecified atom stereocenters. The number of carbonyl (C=O) groups excluding carboxylic acids is 3. The van der Waals surface area contributed by atoms with E-state index in [0.717, 1.165) is 4.47 Å². The lowest BCUT2D eigenvalue weighted by molar-refractivity contribution is -0.147. The van der Waals surface area contributed by atoms with Gasteiger partial charge in [-0.25, -0.2) is 0 Å². The van der Waals surface area contributed by atoms with Gasteiger partial charge in [0.25, 0.3) is 5.91 Å². The maximum atomic E-state index is 12.5. The lowest BCUT2D eigenvalue weighted by atomic mass is 9.95. The fraction of sp³-hybridized carbons (Fsp3) is 0.500. The molecule has 1 heterocycles. The highest BCUT2D eigenvalue weighted by atomic mass is 79.9. The van der Waals surface area contributed by atoms with Gasteiger partial charge in [0.2, 0.25) is 5.91 Å². The van der Waals surface area contributed by atoms with Crippen molar-refractivity contribution < 1.29 is 19.1 Å². The van der Waals surface area contributed by atoms with Crippen molar-refractivity contribution in [2.75, 3.05) is 19.6 Å². The van der Waals surface area contributed by atoms with Crippen molar-refractivity contribution in [2.24, 2.45) is 5.92 Å². The van der Waals surface area contributed by atoms with Crippen LogP contribution >= 0.6 is 15.9 Å². The summed E-state index contributed by atoms with van der Waals surface area (Å²) in [4.78, 5) is 37.8. The van der Waals surface area contributed by atoms with E-state index in [2.05, 4.69) is 21.2 Å². The van der Waals surface area contributed by atoms with Crippen molar-refractivity contribution in [1.29, 1.82) is 0 Å². The van der Waals surface area contributed by atoms with Crippen LogP contribution in [0.1, 0.15) is 37.0 Å². The first-order chi connectivity index (χ1) is 11.9. The Morgan fingerprint density at radius 3 is 2.36 bits per heavy atom. The van der Waals surface area contributed by atoms with Crippen LogP contribution in [0.2, 0.25) is 0 Å². The van der Waals surface area contributed by atoms with Gasteiger partial charge in [-0.1, -0.05) is 15.9 Å². The van der Waals surface area contributed by atoms with Crippen LogP contribution in [0, 0.1) is 5.92 Å². The molecule has 1 aromatic rings. The standard InChI is InChI=1S/C18H23BrN2O4/c1-12(2)25-16(22)11-20-17(23)13-7-9-21(10-8-13)18(24)14-3-5-15(19)6-4-14/h3-6,12-13H,7-11H2,1-2H3,(H,20,23). The summed E-state index contributed by atoms with van der Waals surface area (Å²) in [6.07, 6.45) is 0.984. The highest BCUT2D eigenvalue weighted by molar-refractivity contribution is 9.10. The summed E-state index contributed by atoms with van der Waals surface area (Å²) < 4.78 is 5.91. The van der Waals surface area contributed by atoms with Crippen LogP contribution in [0.15, 0.2) is 28.7 Å². The quantitative estimate of drug-likeness (QED) is 0.755. The normalized spacial score (nSPS) is 15.1. The topological polar surface area (TPSA) is 75.7 Å². The molecule has 1 aliphatic heterocycles. The molecule has 0 aromatic heterocycles. The predicted molar refractivity (Wildman–Crippen MR) is 97.0 cm³/mol. The zero-order chi connectivity index (χ0) is 18.4. The van der Waals surface area contributed by atoms with E-state index in [4.69, 9.17) is 4.74 Å². The second-order valence-corrected chi connectivity index (χ2v) is 7.25. The Kier molecular flexibility index (Phi) is 6.99. The summed E-state index contributed by atoms with van der Waals surface area (Å²) in [5, 5.41) is 2.62. The molecule has 1 aromatic carbocycles. The zero-order valence-corrected chi connectivity index (χ0v) is 16.0. The van der Waals surface area contributed by atoms with E-state index in [0.29, 0.717) is 31.5 Å². The first-order valence-corrected chi connectivity index (χ1v) is 9.18. The molecule has 0 atom stereocenters. The summed E-state index contributed by atoms with van der Waals surface area (Å²) in [5.41, 5.74) is 0.641. The molecule has 1 aliphatic rings. The number of halogens is 1. The van der Waals surface area contributed by atoms with Gasteiger partial charge < -0.3 is 15.0 Å². The molecule has 0 saturated carbocycles. The minimum Gasteiger partial charge on any atom is -0.462 e. The molecule has 0 spiro atoms. The number of benzene rings is 1. The van der Waals surface area contributed by atoms with Gasteiger partial charge in [0.15, 0.2) is 0 Å². The molecule has 6 nitrogen and oxygen atoms in total. The largest absolute Gasteiger partial charge is 0.462 e. The molecule has 2 amide bonds.